The predicted octanol–water partition coefficient (Wildman–Crippen LogP) is 3.05. The molecule has 2 N–H and O–H groups in total. The third kappa shape index (κ3) is 5.30. The number of ether oxygens (including phenoxy) is 1. The van der Waals surface area contributed by atoms with E-state index in [-0.39, 0.29) is 24.0 Å². The van der Waals surface area contributed by atoms with Crippen LogP contribution in [-0.2, 0) is 4.74 Å². The SMILES string of the molecule is O=C(NCC1CCCO1)c1ccc(C(=O)NC2CCCCCC2)cc1. The normalized spacial score (nSPS) is 21.5. The molecule has 0 aromatic heterocycles. The summed E-state index contributed by atoms with van der Waals surface area (Å²) in [5.41, 5.74) is 1.18. The van der Waals surface area contributed by atoms with Gasteiger partial charge in [-0.3, -0.25) is 9.59 Å². The van der Waals surface area contributed by atoms with Gasteiger partial charge < -0.3 is 15.4 Å². The maximum absolute atomic E-state index is 12.4. The van der Waals surface area contributed by atoms with Gasteiger partial charge in [0.1, 0.15) is 0 Å². The lowest BCUT2D eigenvalue weighted by Crippen LogP contribution is -2.34. The molecule has 0 spiro atoms. The van der Waals surface area contributed by atoms with Gasteiger partial charge in [-0.2, -0.15) is 0 Å². The highest BCUT2D eigenvalue weighted by Crippen LogP contribution is 2.18. The zero-order valence-electron chi connectivity index (χ0n) is 14.8. The maximum atomic E-state index is 12.4. The molecule has 2 aliphatic rings. The first-order chi connectivity index (χ1) is 12.2. The Morgan fingerprint density at radius 2 is 1.52 bits per heavy atom. The van der Waals surface area contributed by atoms with Gasteiger partial charge >= 0.3 is 0 Å². The summed E-state index contributed by atoms with van der Waals surface area (Å²) in [5, 5.41) is 6.03. The van der Waals surface area contributed by atoms with Gasteiger partial charge in [-0.1, -0.05) is 25.7 Å². The predicted molar refractivity (Wildman–Crippen MR) is 96.7 cm³/mol. The van der Waals surface area contributed by atoms with Crippen LogP contribution in [0.4, 0.5) is 0 Å². The van der Waals surface area contributed by atoms with E-state index in [1.165, 1.54) is 25.7 Å². The van der Waals surface area contributed by atoms with Gasteiger partial charge in [0.15, 0.2) is 0 Å². The number of nitrogens with one attached hydrogen (secondary N) is 2. The molecular weight excluding hydrogens is 316 g/mol. The molecule has 1 aliphatic carbocycles. The van der Waals surface area contributed by atoms with E-state index in [2.05, 4.69) is 10.6 Å². The monoisotopic (exact) mass is 344 g/mol. The van der Waals surface area contributed by atoms with Crippen LogP contribution in [-0.4, -0.2) is 37.1 Å². The van der Waals surface area contributed by atoms with Crippen LogP contribution in [0.3, 0.4) is 0 Å². The Morgan fingerprint density at radius 3 is 2.12 bits per heavy atom. The van der Waals surface area contributed by atoms with Crippen molar-refractivity contribution in [1.29, 1.82) is 0 Å². The van der Waals surface area contributed by atoms with E-state index in [0.717, 1.165) is 32.3 Å². The van der Waals surface area contributed by atoms with Crippen molar-refractivity contribution in [2.45, 2.75) is 63.5 Å². The fraction of sp³-hybridized carbons (Fsp3) is 0.600. The third-order valence-corrected chi connectivity index (χ3v) is 5.11. The Kier molecular flexibility index (Phi) is 6.45. The van der Waals surface area contributed by atoms with Crippen LogP contribution in [0, 0.1) is 0 Å². The van der Waals surface area contributed by atoms with Crippen LogP contribution >= 0.6 is 0 Å². The van der Waals surface area contributed by atoms with E-state index in [1.54, 1.807) is 24.3 Å². The molecule has 1 unspecified atom stereocenters. The van der Waals surface area contributed by atoms with Crippen LogP contribution in [0.15, 0.2) is 24.3 Å². The van der Waals surface area contributed by atoms with Crippen molar-refractivity contribution in [3.63, 3.8) is 0 Å². The van der Waals surface area contributed by atoms with Crippen LogP contribution in [0.25, 0.3) is 0 Å². The molecule has 1 heterocycles. The van der Waals surface area contributed by atoms with Gasteiger partial charge in [0.05, 0.1) is 6.10 Å². The second-order valence-corrected chi connectivity index (χ2v) is 7.08. The molecule has 1 saturated carbocycles. The highest BCUT2D eigenvalue weighted by molar-refractivity contribution is 5.97. The summed E-state index contributed by atoms with van der Waals surface area (Å²) in [6, 6.07) is 7.17. The van der Waals surface area contributed by atoms with Crippen molar-refractivity contribution >= 4 is 11.8 Å². The van der Waals surface area contributed by atoms with E-state index >= 15 is 0 Å². The molecule has 1 saturated heterocycles. The fourth-order valence-corrected chi connectivity index (χ4v) is 3.58. The number of benzene rings is 1. The molecule has 2 fully saturated rings. The number of rotatable bonds is 5. The molecule has 1 aromatic rings. The first-order valence-corrected chi connectivity index (χ1v) is 9.53. The van der Waals surface area contributed by atoms with Crippen molar-refractivity contribution in [3.8, 4) is 0 Å². The molecule has 5 nitrogen and oxygen atoms in total. The average molecular weight is 344 g/mol. The summed E-state index contributed by atoms with van der Waals surface area (Å²) < 4.78 is 5.50. The Morgan fingerprint density at radius 1 is 0.880 bits per heavy atom. The summed E-state index contributed by atoms with van der Waals surface area (Å²) in [7, 11) is 0. The van der Waals surface area contributed by atoms with Crippen molar-refractivity contribution in [1.82, 2.24) is 10.6 Å². The molecule has 5 heteroatoms. The quantitative estimate of drug-likeness (QED) is 0.807. The molecule has 3 rings (SSSR count). The average Bonchev–Trinajstić information content (AvgIpc) is 3.03. The number of carbonyl (C=O) groups is 2. The third-order valence-electron chi connectivity index (χ3n) is 5.11. The highest BCUT2D eigenvalue weighted by atomic mass is 16.5. The maximum Gasteiger partial charge on any atom is 0.251 e. The van der Waals surface area contributed by atoms with Crippen LogP contribution < -0.4 is 10.6 Å². The Balaban J connectivity index is 1.50. The van der Waals surface area contributed by atoms with Crippen LogP contribution in [0.5, 0.6) is 0 Å². The van der Waals surface area contributed by atoms with E-state index < -0.39 is 0 Å². The van der Waals surface area contributed by atoms with Crippen molar-refractivity contribution < 1.29 is 14.3 Å². The first-order valence-electron chi connectivity index (χ1n) is 9.53. The zero-order valence-corrected chi connectivity index (χ0v) is 14.8. The van der Waals surface area contributed by atoms with Gasteiger partial charge in [-0.15, -0.1) is 0 Å². The smallest absolute Gasteiger partial charge is 0.251 e. The topological polar surface area (TPSA) is 67.4 Å². The lowest BCUT2D eigenvalue weighted by molar-refractivity contribution is 0.0857. The summed E-state index contributed by atoms with van der Waals surface area (Å²) in [5.74, 6) is -0.163. The van der Waals surface area contributed by atoms with E-state index in [0.29, 0.717) is 17.7 Å². The van der Waals surface area contributed by atoms with E-state index in [9.17, 15) is 9.59 Å². The van der Waals surface area contributed by atoms with Gasteiger partial charge in [0, 0.05) is 30.3 Å². The molecule has 25 heavy (non-hydrogen) atoms. The molecule has 1 atom stereocenters. The van der Waals surface area contributed by atoms with Crippen LogP contribution in [0.2, 0.25) is 0 Å². The number of hydrogen-bond acceptors (Lipinski definition) is 3. The highest BCUT2D eigenvalue weighted by Gasteiger charge is 2.18. The molecule has 2 amide bonds. The van der Waals surface area contributed by atoms with Crippen molar-refractivity contribution in [2.75, 3.05) is 13.2 Å². The van der Waals surface area contributed by atoms with Crippen molar-refractivity contribution in [2.24, 2.45) is 0 Å². The van der Waals surface area contributed by atoms with Gasteiger partial charge in [0.2, 0.25) is 0 Å². The zero-order chi connectivity index (χ0) is 17.5. The lowest BCUT2D eigenvalue weighted by atomic mass is 10.1. The minimum absolute atomic E-state index is 0.0433. The fourth-order valence-electron chi connectivity index (χ4n) is 3.58. The largest absolute Gasteiger partial charge is 0.376 e. The second kappa shape index (κ2) is 8.99. The second-order valence-electron chi connectivity index (χ2n) is 7.08. The molecule has 136 valence electrons. The van der Waals surface area contributed by atoms with E-state index in [1.807, 2.05) is 0 Å². The Bertz CT molecular complexity index is 571. The molecule has 1 aliphatic heterocycles. The minimum Gasteiger partial charge on any atom is -0.376 e. The van der Waals surface area contributed by atoms with Crippen molar-refractivity contribution in [3.05, 3.63) is 35.4 Å². The first kappa shape index (κ1) is 17.9. The van der Waals surface area contributed by atoms with Gasteiger partial charge in [-0.05, 0) is 49.9 Å². The summed E-state index contributed by atoms with van der Waals surface area (Å²) >= 11 is 0. The lowest BCUT2D eigenvalue weighted by Gasteiger charge is -2.16. The standard InChI is InChI=1S/C20H28N2O3/c23-19(21-14-18-8-5-13-25-18)15-9-11-16(12-10-15)20(24)22-17-6-3-1-2-4-7-17/h9-12,17-18H,1-8,13-14H2,(H,21,23)(H,22,24). The molecule has 0 bridgehead atoms. The Labute approximate surface area is 149 Å². The molecule has 1 aromatic carbocycles. The number of carbonyl (C=O) groups excluding carboxylic acids is 2. The van der Waals surface area contributed by atoms with Gasteiger partial charge in [-0.25, -0.2) is 0 Å². The Hall–Kier alpha value is -1.88. The molecular formula is C20H28N2O3. The number of amides is 2. The summed E-state index contributed by atoms with van der Waals surface area (Å²) in [6.07, 6.45) is 9.23. The summed E-state index contributed by atoms with van der Waals surface area (Å²) in [6.45, 7) is 1.33. The molecule has 0 radical (unpaired) electrons. The number of hydrogen-bond donors (Lipinski definition) is 2. The van der Waals surface area contributed by atoms with E-state index in [4.69, 9.17) is 4.74 Å². The van der Waals surface area contributed by atoms with Gasteiger partial charge in [0.25, 0.3) is 11.8 Å². The van der Waals surface area contributed by atoms with Crippen LogP contribution in [0.1, 0.15) is 72.1 Å². The minimum atomic E-state index is -0.119. The summed E-state index contributed by atoms with van der Waals surface area (Å²) in [4.78, 5) is 24.5.